The third-order valence-electron chi connectivity index (χ3n) is 6.39. The summed E-state index contributed by atoms with van der Waals surface area (Å²) in [7, 11) is 0. The van der Waals surface area contributed by atoms with E-state index in [0.717, 1.165) is 10.1 Å². The van der Waals surface area contributed by atoms with Gasteiger partial charge in [0, 0.05) is 24.2 Å². The zero-order valence-corrected chi connectivity index (χ0v) is 20.8. The summed E-state index contributed by atoms with van der Waals surface area (Å²) < 4.78 is 7.74. The van der Waals surface area contributed by atoms with Crippen molar-refractivity contribution >= 4 is 22.5 Å². The van der Waals surface area contributed by atoms with Crippen molar-refractivity contribution in [2.24, 2.45) is 0 Å². The SMILES string of the molecule is O=C(NCCc1ccccc1)c1ccc2c(=O)n(Cc3ccco3)c(=O)n(Cc3cccc([N+](=O)[O-])c3)c2c1. The van der Waals surface area contributed by atoms with Crippen molar-refractivity contribution < 1.29 is 14.1 Å². The average Bonchev–Trinajstić information content (AvgIpc) is 3.47. The van der Waals surface area contributed by atoms with Crippen LogP contribution in [-0.2, 0) is 19.5 Å². The van der Waals surface area contributed by atoms with Crippen LogP contribution in [0.25, 0.3) is 10.9 Å². The molecular formula is C29H24N4O6. The van der Waals surface area contributed by atoms with Crippen molar-refractivity contribution in [2.45, 2.75) is 19.5 Å². The lowest BCUT2D eigenvalue weighted by molar-refractivity contribution is -0.384. The van der Waals surface area contributed by atoms with Crippen LogP contribution < -0.4 is 16.6 Å². The van der Waals surface area contributed by atoms with Gasteiger partial charge in [0.25, 0.3) is 17.2 Å². The molecule has 0 fully saturated rings. The third kappa shape index (κ3) is 5.54. The van der Waals surface area contributed by atoms with E-state index in [9.17, 15) is 24.5 Å². The highest BCUT2D eigenvalue weighted by atomic mass is 16.6. The quantitative estimate of drug-likeness (QED) is 0.231. The van der Waals surface area contributed by atoms with E-state index < -0.39 is 16.2 Å². The van der Waals surface area contributed by atoms with E-state index in [2.05, 4.69) is 5.32 Å². The summed E-state index contributed by atoms with van der Waals surface area (Å²) in [5.74, 6) is 0.0757. The molecule has 0 radical (unpaired) electrons. The summed E-state index contributed by atoms with van der Waals surface area (Å²) in [6.45, 7) is 0.276. The Morgan fingerprint density at radius 3 is 2.41 bits per heavy atom. The number of nitrogens with one attached hydrogen (secondary N) is 1. The number of non-ortho nitro benzene ring substituents is 1. The van der Waals surface area contributed by atoms with E-state index in [1.807, 2.05) is 30.3 Å². The first-order valence-electron chi connectivity index (χ1n) is 12.3. The average molecular weight is 525 g/mol. The lowest BCUT2D eigenvalue weighted by Gasteiger charge is -2.15. The molecule has 0 bridgehead atoms. The number of carbonyl (C=O) groups excluding carboxylic acids is 1. The molecule has 39 heavy (non-hydrogen) atoms. The number of hydrogen-bond donors (Lipinski definition) is 1. The Morgan fingerprint density at radius 2 is 1.67 bits per heavy atom. The number of benzene rings is 3. The first-order valence-corrected chi connectivity index (χ1v) is 12.3. The van der Waals surface area contributed by atoms with Crippen LogP contribution in [0.5, 0.6) is 0 Å². The fourth-order valence-corrected chi connectivity index (χ4v) is 4.43. The summed E-state index contributed by atoms with van der Waals surface area (Å²) in [5.41, 5.74) is 0.837. The zero-order valence-electron chi connectivity index (χ0n) is 20.8. The monoisotopic (exact) mass is 524 g/mol. The third-order valence-corrected chi connectivity index (χ3v) is 6.39. The number of aromatic nitrogens is 2. The molecule has 3 aromatic carbocycles. The maximum absolute atomic E-state index is 13.6. The van der Waals surface area contributed by atoms with Crippen LogP contribution in [0.1, 0.15) is 27.2 Å². The molecule has 5 aromatic rings. The second-order valence-corrected chi connectivity index (χ2v) is 8.99. The van der Waals surface area contributed by atoms with Crippen LogP contribution in [-0.4, -0.2) is 26.5 Å². The number of hydrogen-bond acceptors (Lipinski definition) is 6. The van der Waals surface area contributed by atoms with Gasteiger partial charge in [0.1, 0.15) is 5.76 Å². The van der Waals surface area contributed by atoms with Gasteiger partial charge in [-0.1, -0.05) is 42.5 Å². The van der Waals surface area contributed by atoms with Crippen LogP contribution in [0.2, 0.25) is 0 Å². The molecule has 0 saturated heterocycles. The van der Waals surface area contributed by atoms with Crippen molar-refractivity contribution in [1.29, 1.82) is 0 Å². The molecule has 10 heteroatoms. The molecule has 196 valence electrons. The zero-order chi connectivity index (χ0) is 27.4. The molecule has 2 aromatic heterocycles. The molecule has 0 atom stereocenters. The maximum Gasteiger partial charge on any atom is 0.332 e. The van der Waals surface area contributed by atoms with Crippen LogP contribution >= 0.6 is 0 Å². The van der Waals surface area contributed by atoms with Gasteiger partial charge in [0.05, 0.1) is 35.2 Å². The molecule has 0 unspecified atom stereocenters. The van der Waals surface area contributed by atoms with Crippen LogP contribution in [0.15, 0.2) is 105 Å². The minimum absolute atomic E-state index is 0.0471. The van der Waals surface area contributed by atoms with Gasteiger partial charge in [-0.15, -0.1) is 0 Å². The Balaban J connectivity index is 1.54. The summed E-state index contributed by atoms with van der Waals surface area (Å²) >= 11 is 0. The number of amides is 1. The number of nitro benzene ring substituents is 1. The molecule has 10 nitrogen and oxygen atoms in total. The van der Waals surface area contributed by atoms with E-state index >= 15 is 0 Å². The molecule has 5 rings (SSSR count). The van der Waals surface area contributed by atoms with Gasteiger partial charge in [-0.25, -0.2) is 4.79 Å². The van der Waals surface area contributed by atoms with Crippen LogP contribution in [0, 0.1) is 10.1 Å². The Kier molecular flexibility index (Phi) is 7.17. The number of nitrogens with zero attached hydrogens (tertiary/aromatic N) is 3. The fraction of sp³-hybridized carbons (Fsp3) is 0.138. The standard InChI is InChI=1S/C29H24N4O6/c34-27(30-14-13-20-6-2-1-3-7-20)22-11-12-25-26(17-22)31(18-21-8-4-9-23(16-21)33(37)38)29(36)32(28(25)35)19-24-10-5-15-39-24/h1-12,15-17H,13-14,18-19H2,(H,30,34). The van der Waals surface area contributed by atoms with Gasteiger partial charge in [-0.3, -0.25) is 28.8 Å². The molecule has 1 amide bonds. The van der Waals surface area contributed by atoms with Crippen molar-refractivity contribution in [3.8, 4) is 0 Å². The highest BCUT2D eigenvalue weighted by molar-refractivity contribution is 5.97. The van der Waals surface area contributed by atoms with Crippen molar-refractivity contribution in [3.63, 3.8) is 0 Å². The van der Waals surface area contributed by atoms with E-state index in [1.54, 1.807) is 24.3 Å². The van der Waals surface area contributed by atoms with Crippen LogP contribution in [0.4, 0.5) is 5.69 Å². The van der Waals surface area contributed by atoms with Gasteiger partial charge in [-0.2, -0.15) is 0 Å². The molecule has 0 spiro atoms. The van der Waals surface area contributed by atoms with E-state index in [1.165, 1.54) is 41.2 Å². The molecule has 1 N–H and O–H groups in total. The molecular weight excluding hydrogens is 500 g/mol. The summed E-state index contributed by atoms with van der Waals surface area (Å²) in [5, 5.41) is 14.4. The predicted octanol–water partition coefficient (Wildman–Crippen LogP) is 3.73. The normalized spacial score (nSPS) is 11.0. The maximum atomic E-state index is 13.6. The van der Waals surface area contributed by atoms with Crippen molar-refractivity contribution in [1.82, 2.24) is 14.5 Å². The molecule has 0 aliphatic rings. The molecule has 0 aliphatic heterocycles. The number of nitro groups is 1. The Labute approximate surface area is 221 Å². The Hall–Kier alpha value is -5.25. The summed E-state index contributed by atoms with van der Waals surface area (Å²) in [6.07, 6.45) is 2.10. The summed E-state index contributed by atoms with van der Waals surface area (Å²) in [6, 6.07) is 23.5. The first kappa shape index (κ1) is 25.4. The second-order valence-electron chi connectivity index (χ2n) is 8.99. The fourth-order valence-electron chi connectivity index (χ4n) is 4.43. The van der Waals surface area contributed by atoms with Crippen molar-refractivity contribution in [3.05, 3.63) is 145 Å². The van der Waals surface area contributed by atoms with Crippen molar-refractivity contribution in [2.75, 3.05) is 6.54 Å². The first-order chi connectivity index (χ1) is 18.9. The van der Waals surface area contributed by atoms with Gasteiger partial charge >= 0.3 is 5.69 Å². The van der Waals surface area contributed by atoms with Crippen LogP contribution in [0.3, 0.4) is 0 Å². The van der Waals surface area contributed by atoms with Gasteiger partial charge < -0.3 is 9.73 Å². The molecule has 0 saturated carbocycles. The lowest BCUT2D eigenvalue weighted by Crippen LogP contribution is -2.40. The summed E-state index contributed by atoms with van der Waals surface area (Å²) in [4.78, 5) is 50.7. The van der Waals surface area contributed by atoms with E-state index in [4.69, 9.17) is 4.42 Å². The lowest BCUT2D eigenvalue weighted by atomic mass is 10.1. The minimum Gasteiger partial charge on any atom is -0.467 e. The van der Waals surface area contributed by atoms with Gasteiger partial charge in [-0.05, 0) is 47.9 Å². The number of rotatable bonds is 9. The highest BCUT2D eigenvalue weighted by Gasteiger charge is 2.18. The van der Waals surface area contributed by atoms with Gasteiger partial charge in [0.15, 0.2) is 0 Å². The number of fused-ring (bicyclic) bond motifs is 1. The predicted molar refractivity (Wildman–Crippen MR) is 145 cm³/mol. The topological polar surface area (TPSA) is 129 Å². The number of carbonyl (C=O) groups is 1. The Morgan fingerprint density at radius 1 is 0.872 bits per heavy atom. The second kappa shape index (κ2) is 11.0. The smallest absolute Gasteiger partial charge is 0.332 e. The molecule has 2 heterocycles. The number of furan rings is 1. The van der Waals surface area contributed by atoms with E-state index in [-0.39, 0.29) is 41.2 Å². The van der Waals surface area contributed by atoms with Gasteiger partial charge in [0.2, 0.25) is 0 Å². The van der Waals surface area contributed by atoms with E-state index in [0.29, 0.717) is 24.3 Å². The Bertz CT molecular complexity index is 1770. The highest BCUT2D eigenvalue weighted by Crippen LogP contribution is 2.17. The largest absolute Gasteiger partial charge is 0.467 e. The minimum atomic E-state index is -0.628. The molecule has 0 aliphatic carbocycles.